The van der Waals surface area contributed by atoms with Crippen molar-refractivity contribution in [3.63, 3.8) is 0 Å². The lowest BCUT2D eigenvalue weighted by Crippen LogP contribution is -2.21. The first kappa shape index (κ1) is 14.3. The van der Waals surface area contributed by atoms with Gasteiger partial charge in [0.25, 0.3) is 0 Å². The number of nitrogens with zero attached hydrogens (tertiary/aromatic N) is 2. The maximum atomic E-state index is 5.84. The molecule has 4 heteroatoms. The van der Waals surface area contributed by atoms with Crippen molar-refractivity contribution in [3.05, 3.63) is 48.5 Å². The van der Waals surface area contributed by atoms with Gasteiger partial charge < -0.3 is 14.6 Å². The van der Waals surface area contributed by atoms with Gasteiger partial charge in [-0.15, -0.1) is 0 Å². The van der Waals surface area contributed by atoms with E-state index in [0.717, 1.165) is 25.4 Å². The number of hydrogen-bond acceptors (Lipinski definition) is 3. The molecule has 0 atom stereocenters. The van der Waals surface area contributed by atoms with Gasteiger partial charge in [-0.05, 0) is 30.5 Å². The van der Waals surface area contributed by atoms with Crippen molar-refractivity contribution in [2.45, 2.75) is 38.3 Å². The van der Waals surface area contributed by atoms with Crippen molar-refractivity contribution in [1.82, 2.24) is 14.9 Å². The normalized spacial score (nSPS) is 15.6. The first-order chi connectivity index (χ1) is 10.4. The summed E-state index contributed by atoms with van der Waals surface area (Å²) in [5.41, 5.74) is 2.43. The van der Waals surface area contributed by atoms with Crippen molar-refractivity contribution in [1.29, 1.82) is 0 Å². The summed E-state index contributed by atoms with van der Waals surface area (Å²) in [5, 5.41) is 3.44. The maximum Gasteiger partial charge on any atom is 0.0991 e. The molecule has 3 rings (SSSR count). The summed E-state index contributed by atoms with van der Waals surface area (Å²) >= 11 is 0. The first-order valence-corrected chi connectivity index (χ1v) is 7.81. The van der Waals surface area contributed by atoms with Crippen LogP contribution in [0.4, 0.5) is 0 Å². The van der Waals surface area contributed by atoms with Crippen molar-refractivity contribution in [2.75, 3.05) is 13.2 Å². The Kier molecular flexibility index (Phi) is 5.03. The molecule has 1 N–H and O–H groups in total. The molecule has 1 aliphatic carbocycles. The van der Waals surface area contributed by atoms with Gasteiger partial charge in [0.1, 0.15) is 0 Å². The average molecular weight is 285 g/mol. The SMILES string of the molecule is c1cn(-c2ccc(CNCCOC3CCCC3)cc2)cn1. The van der Waals surface area contributed by atoms with E-state index >= 15 is 0 Å². The van der Waals surface area contributed by atoms with Gasteiger partial charge in [-0.3, -0.25) is 0 Å². The second kappa shape index (κ2) is 7.38. The lowest BCUT2D eigenvalue weighted by Gasteiger charge is -2.11. The number of nitrogens with one attached hydrogen (secondary N) is 1. The van der Waals surface area contributed by atoms with Crippen LogP contribution >= 0.6 is 0 Å². The summed E-state index contributed by atoms with van der Waals surface area (Å²) in [6, 6.07) is 8.54. The first-order valence-electron chi connectivity index (χ1n) is 7.81. The Morgan fingerprint density at radius 1 is 1.19 bits per heavy atom. The zero-order valence-corrected chi connectivity index (χ0v) is 12.4. The standard InChI is InChI=1S/C17H23N3O/c1-2-4-17(3-1)21-12-10-18-13-15-5-7-16(8-6-15)20-11-9-19-14-20/h5-9,11,14,17-18H,1-4,10,12-13H2. The second-order valence-corrected chi connectivity index (χ2v) is 5.59. The number of aromatic nitrogens is 2. The third kappa shape index (κ3) is 4.16. The highest BCUT2D eigenvalue weighted by Crippen LogP contribution is 2.20. The van der Waals surface area contributed by atoms with Gasteiger partial charge in [-0.25, -0.2) is 4.98 Å². The Hall–Kier alpha value is -1.65. The lowest BCUT2D eigenvalue weighted by molar-refractivity contribution is 0.0603. The maximum absolute atomic E-state index is 5.84. The Morgan fingerprint density at radius 2 is 2.00 bits per heavy atom. The molecule has 0 amide bonds. The fourth-order valence-electron chi connectivity index (χ4n) is 2.78. The largest absolute Gasteiger partial charge is 0.377 e. The van der Waals surface area contributed by atoms with E-state index in [1.54, 1.807) is 6.20 Å². The zero-order valence-electron chi connectivity index (χ0n) is 12.4. The fourth-order valence-corrected chi connectivity index (χ4v) is 2.78. The number of ether oxygens (including phenoxy) is 1. The highest BCUT2D eigenvalue weighted by molar-refractivity contribution is 5.34. The van der Waals surface area contributed by atoms with E-state index in [1.807, 2.05) is 17.1 Å². The Labute approximate surface area is 126 Å². The van der Waals surface area contributed by atoms with E-state index in [1.165, 1.54) is 31.2 Å². The molecule has 0 spiro atoms. The molecule has 1 aromatic carbocycles. The fraction of sp³-hybridized carbons (Fsp3) is 0.471. The van der Waals surface area contributed by atoms with Crippen LogP contribution in [0, 0.1) is 0 Å². The molecule has 4 nitrogen and oxygen atoms in total. The van der Waals surface area contributed by atoms with Crippen LogP contribution in [-0.2, 0) is 11.3 Å². The molecular weight excluding hydrogens is 262 g/mol. The number of imidazole rings is 1. The topological polar surface area (TPSA) is 39.1 Å². The van der Waals surface area contributed by atoms with Gasteiger partial charge >= 0.3 is 0 Å². The summed E-state index contributed by atoms with van der Waals surface area (Å²) in [6.45, 7) is 2.62. The van der Waals surface area contributed by atoms with E-state index in [0.29, 0.717) is 6.10 Å². The number of benzene rings is 1. The monoisotopic (exact) mass is 285 g/mol. The summed E-state index contributed by atoms with van der Waals surface area (Å²) in [6.07, 6.45) is 11.2. The molecule has 0 saturated heterocycles. The zero-order chi connectivity index (χ0) is 14.3. The van der Waals surface area contributed by atoms with Gasteiger partial charge in [0.05, 0.1) is 19.0 Å². The highest BCUT2D eigenvalue weighted by atomic mass is 16.5. The molecule has 1 fully saturated rings. The molecule has 0 aliphatic heterocycles. The van der Waals surface area contributed by atoms with E-state index < -0.39 is 0 Å². The van der Waals surface area contributed by atoms with Crippen LogP contribution < -0.4 is 5.32 Å². The smallest absolute Gasteiger partial charge is 0.0991 e. The van der Waals surface area contributed by atoms with Crippen molar-refractivity contribution < 1.29 is 4.74 Å². The predicted octanol–water partition coefficient (Wildman–Crippen LogP) is 2.92. The van der Waals surface area contributed by atoms with Gasteiger partial charge in [0.2, 0.25) is 0 Å². The van der Waals surface area contributed by atoms with Gasteiger partial charge in [-0.1, -0.05) is 25.0 Å². The van der Waals surface area contributed by atoms with E-state index in [2.05, 4.69) is 34.6 Å². The van der Waals surface area contributed by atoms with Crippen LogP contribution in [-0.4, -0.2) is 28.8 Å². The third-order valence-electron chi connectivity index (χ3n) is 4.00. The second-order valence-electron chi connectivity index (χ2n) is 5.59. The van der Waals surface area contributed by atoms with Crippen LogP contribution in [0.1, 0.15) is 31.2 Å². The molecule has 21 heavy (non-hydrogen) atoms. The van der Waals surface area contributed by atoms with E-state index in [9.17, 15) is 0 Å². The van der Waals surface area contributed by atoms with Gasteiger partial charge in [0.15, 0.2) is 0 Å². The highest BCUT2D eigenvalue weighted by Gasteiger charge is 2.14. The molecule has 2 aromatic rings. The Bertz CT molecular complexity index is 515. The summed E-state index contributed by atoms with van der Waals surface area (Å²) < 4.78 is 7.84. The summed E-state index contributed by atoms with van der Waals surface area (Å²) in [4.78, 5) is 4.06. The summed E-state index contributed by atoms with van der Waals surface area (Å²) in [7, 11) is 0. The molecule has 1 aliphatic rings. The van der Waals surface area contributed by atoms with E-state index in [-0.39, 0.29) is 0 Å². The minimum absolute atomic E-state index is 0.515. The Balaban J connectivity index is 1.37. The molecule has 1 aromatic heterocycles. The van der Waals surface area contributed by atoms with Crippen molar-refractivity contribution in [2.24, 2.45) is 0 Å². The van der Waals surface area contributed by atoms with Crippen molar-refractivity contribution >= 4 is 0 Å². The van der Waals surface area contributed by atoms with Crippen LogP contribution in [0.3, 0.4) is 0 Å². The van der Waals surface area contributed by atoms with Crippen LogP contribution in [0.15, 0.2) is 43.0 Å². The molecular formula is C17H23N3O. The minimum Gasteiger partial charge on any atom is -0.377 e. The molecule has 112 valence electrons. The quantitative estimate of drug-likeness (QED) is 0.795. The van der Waals surface area contributed by atoms with Crippen molar-refractivity contribution in [3.8, 4) is 5.69 Å². The molecule has 0 bridgehead atoms. The molecule has 1 saturated carbocycles. The third-order valence-corrected chi connectivity index (χ3v) is 4.00. The Morgan fingerprint density at radius 3 is 2.71 bits per heavy atom. The molecule has 1 heterocycles. The van der Waals surface area contributed by atoms with Crippen LogP contribution in [0.5, 0.6) is 0 Å². The number of rotatable bonds is 7. The lowest BCUT2D eigenvalue weighted by atomic mass is 10.2. The molecule has 0 radical (unpaired) electrons. The van der Waals surface area contributed by atoms with Gasteiger partial charge in [0, 0.05) is 31.2 Å². The van der Waals surface area contributed by atoms with Gasteiger partial charge in [-0.2, -0.15) is 0 Å². The number of hydrogen-bond donors (Lipinski definition) is 1. The van der Waals surface area contributed by atoms with Crippen LogP contribution in [0.2, 0.25) is 0 Å². The summed E-state index contributed by atoms with van der Waals surface area (Å²) in [5.74, 6) is 0. The minimum atomic E-state index is 0.515. The van der Waals surface area contributed by atoms with Crippen LogP contribution in [0.25, 0.3) is 5.69 Å². The van der Waals surface area contributed by atoms with E-state index in [4.69, 9.17) is 4.74 Å². The molecule has 0 unspecified atom stereocenters. The predicted molar refractivity (Wildman–Crippen MR) is 83.5 cm³/mol. The average Bonchev–Trinajstić information content (AvgIpc) is 3.21.